The van der Waals surface area contributed by atoms with Gasteiger partial charge in [-0.2, -0.15) is 15.0 Å². The first-order chi connectivity index (χ1) is 14.1. The lowest BCUT2D eigenvalue weighted by Crippen LogP contribution is -2.25. The second kappa shape index (κ2) is 8.60. The molecule has 0 bridgehead atoms. The molecule has 6 N–H and O–H groups in total. The van der Waals surface area contributed by atoms with E-state index in [-0.39, 0.29) is 0 Å². The molecule has 1 amide bonds. The van der Waals surface area contributed by atoms with Crippen LogP contribution in [-0.2, 0) is 0 Å². The van der Waals surface area contributed by atoms with Gasteiger partial charge in [0.2, 0.25) is 23.8 Å². The fraction of sp³-hybridized carbons (Fsp3) is 0.500. The minimum absolute atomic E-state index is 0.296. The van der Waals surface area contributed by atoms with E-state index < -0.39 is 5.91 Å². The van der Waals surface area contributed by atoms with Crippen molar-refractivity contribution >= 4 is 29.4 Å². The molecule has 0 unspecified atom stereocenters. The molecule has 1 aliphatic heterocycles. The summed E-state index contributed by atoms with van der Waals surface area (Å²) in [7, 11) is 0. The van der Waals surface area contributed by atoms with Crippen LogP contribution in [0.4, 0.5) is 23.5 Å². The Bertz CT molecular complexity index is 877. The van der Waals surface area contributed by atoms with E-state index in [0.29, 0.717) is 35.4 Å². The number of carbonyl (C=O) groups is 1. The van der Waals surface area contributed by atoms with Crippen LogP contribution in [0.25, 0.3) is 0 Å². The van der Waals surface area contributed by atoms with E-state index in [2.05, 4.69) is 36.2 Å². The number of aromatic nitrogens is 3. The first-order valence-electron chi connectivity index (χ1n) is 10.2. The first-order valence-corrected chi connectivity index (χ1v) is 10.2. The van der Waals surface area contributed by atoms with E-state index >= 15 is 0 Å². The van der Waals surface area contributed by atoms with Gasteiger partial charge in [0.15, 0.2) is 0 Å². The number of aryl methyl sites for hydroxylation is 1. The first kappa shape index (κ1) is 19.4. The Morgan fingerprint density at radius 3 is 2.66 bits per heavy atom. The molecule has 2 aliphatic rings. The van der Waals surface area contributed by atoms with Gasteiger partial charge in [0.1, 0.15) is 0 Å². The number of nitrogens with zero attached hydrogens (tertiary/aromatic N) is 3. The average Bonchev–Trinajstić information content (AvgIpc) is 3.15. The van der Waals surface area contributed by atoms with Crippen LogP contribution in [0, 0.1) is 12.8 Å². The maximum atomic E-state index is 11.5. The van der Waals surface area contributed by atoms with Crippen molar-refractivity contribution in [3.05, 3.63) is 29.3 Å². The van der Waals surface area contributed by atoms with Gasteiger partial charge < -0.3 is 27.0 Å². The number of primary amides is 1. The third-order valence-corrected chi connectivity index (χ3v) is 5.57. The van der Waals surface area contributed by atoms with Crippen molar-refractivity contribution < 1.29 is 4.79 Å². The summed E-state index contributed by atoms with van der Waals surface area (Å²) in [5, 5.41) is 13.3. The Labute approximate surface area is 170 Å². The van der Waals surface area contributed by atoms with Crippen LogP contribution < -0.4 is 27.0 Å². The van der Waals surface area contributed by atoms with Crippen molar-refractivity contribution in [3.63, 3.8) is 0 Å². The Balaban J connectivity index is 1.56. The van der Waals surface area contributed by atoms with Crippen molar-refractivity contribution in [2.75, 3.05) is 35.6 Å². The highest BCUT2D eigenvalue weighted by Crippen LogP contribution is 2.26. The second-order valence-electron chi connectivity index (χ2n) is 7.84. The summed E-state index contributed by atoms with van der Waals surface area (Å²) < 4.78 is 0. The molecular formula is C20H28N8O. The number of anilines is 4. The second-order valence-corrected chi connectivity index (χ2v) is 7.84. The number of amides is 1. The zero-order chi connectivity index (χ0) is 20.2. The lowest BCUT2D eigenvalue weighted by Gasteiger charge is -2.25. The highest BCUT2D eigenvalue weighted by molar-refractivity contribution is 5.94. The van der Waals surface area contributed by atoms with Gasteiger partial charge in [-0.3, -0.25) is 4.79 Å². The highest BCUT2D eigenvalue weighted by atomic mass is 16.1. The fourth-order valence-electron chi connectivity index (χ4n) is 3.50. The number of benzene rings is 1. The van der Waals surface area contributed by atoms with E-state index in [9.17, 15) is 4.79 Å². The molecule has 4 rings (SSSR count). The van der Waals surface area contributed by atoms with E-state index in [1.165, 1.54) is 19.3 Å². The number of nitrogens with two attached hydrogens (primary N) is 1. The van der Waals surface area contributed by atoms with Crippen LogP contribution in [0.1, 0.15) is 41.6 Å². The predicted octanol–water partition coefficient (Wildman–Crippen LogP) is 2.01. The molecule has 1 aromatic carbocycles. The van der Waals surface area contributed by atoms with E-state index in [1.54, 1.807) is 12.1 Å². The maximum absolute atomic E-state index is 11.5. The van der Waals surface area contributed by atoms with Crippen molar-refractivity contribution in [3.8, 4) is 0 Å². The quantitative estimate of drug-likeness (QED) is 0.458. The minimum Gasteiger partial charge on any atom is -0.366 e. The third-order valence-electron chi connectivity index (χ3n) is 5.57. The highest BCUT2D eigenvalue weighted by Gasteiger charge is 2.19. The topological polar surface area (TPSA) is 130 Å². The third kappa shape index (κ3) is 4.92. The molecular weight excluding hydrogens is 368 g/mol. The Morgan fingerprint density at radius 1 is 1.17 bits per heavy atom. The Hall–Kier alpha value is -2.94. The SMILES string of the molecule is Cc1ccc(C(N)=O)cc1Nc1nc(NCC2CCC2)nc(N[C@H]2CCNC2)n1. The molecule has 0 spiro atoms. The van der Waals surface area contributed by atoms with Crippen LogP contribution in [0.5, 0.6) is 0 Å². The van der Waals surface area contributed by atoms with E-state index in [4.69, 9.17) is 5.73 Å². The van der Waals surface area contributed by atoms with Gasteiger partial charge in [-0.15, -0.1) is 0 Å². The van der Waals surface area contributed by atoms with Crippen molar-refractivity contribution in [1.82, 2.24) is 20.3 Å². The molecule has 1 aliphatic carbocycles. The number of hydrogen-bond acceptors (Lipinski definition) is 8. The number of hydrogen-bond donors (Lipinski definition) is 5. The van der Waals surface area contributed by atoms with Gasteiger partial charge in [0, 0.05) is 30.4 Å². The molecule has 0 radical (unpaired) electrons. The number of carbonyl (C=O) groups excluding carboxylic acids is 1. The lowest BCUT2D eigenvalue weighted by molar-refractivity contribution is 0.100. The minimum atomic E-state index is -0.470. The molecule has 1 atom stereocenters. The fourth-order valence-corrected chi connectivity index (χ4v) is 3.50. The molecule has 29 heavy (non-hydrogen) atoms. The zero-order valence-corrected chi connectivity index (χ0v) is 16.7. The molecule has 2 heterocycles. The van der Waals surface area contributed by atoms with E-state index in [0.717, 1.165) is 37.3 Å². The molecule has 9 nitrogen and oxygen atoms in total. The monoisotopic (exact) mass is 396 g/mol. The normalized spacial score (nSPS) is 18.9. The molecule has 1 saturated carbocycles. The Kier molecular flexibility index (Phi) is 5.75. The van der Waals surface area contributed by atoms with Crippen LogP contribution in [0.3, 0.4) is 0 Å². The molecule has 154 valence electrons. The van der Waals surface area contributed by atoms with Crippen LogP contribution >= 0.6 is 0 Å². The largest absolute Gasteiger partial charge is 0.366 e. The van der Waals surface area contributed by atoms with Gasteiger partial charge >= 0.3 is 0 Å². The summed E-state index contributed by atoms with van der Waals surface area (Å²) in [5.41, 5.74) is 7.56. The standard InChI is InChI=1S/C20H28N8O/c1-12-5-6-14(17(21)29)9-16(12)25-20-27-18(23-10-13-3-2-4-13)26-19(28-20)24-15-7-8-22-11-15/h5-6,9,13,15,22H,2-4,7-8,10-11H2,1H3,(H2,21,29)(H3,23,24,25,26,27,28)/t15-/m0/s1. The molecule has 9 heteroatoms. The summed E-state index contributed by atoms with van der Waals surface area (Å²) in [6, 6.07) is 5.58. The number of rotatable bonds is 8. The lowest BCUT2D eigenvalue weighted by atomic mass is 9.85. The smallest absolute Gasteiger partial charge is 0.248 e. The molecule has 2 fully saturated rings. The van der Waals surface area contributed by atoms with Crippen molar-refractivity contribution in [1.29, 1.82) is 0 Å². The summed E-state index contributed by atoms with van der Waals surface area (Å²) in [6.07, 6.45) is 4.83. The summed E-state index contributed by atoms with van der Waals surface area (Å²) in [6.45, 7) is 4.69. The van der Waals surface area contributed by atoms with Crippen molar-refractivity contribution in [2.45, 2.75) is 38.6 Å². The Morgan fingerprint density at radius 2 is 1.97 bits per heavy atom. The van der Waals surface area contributed by atoms with Gasteiger partial charge in [-0.05, 0) is 56.3 Å². The van der Waals surface area contributed by atoms with Crippen LogP contribution in [-0.4, -0.2) is 46.5 Å². The van der Waals surface area contributed by atoms with Crippen LogP contribution in [0.2, 0.25) is 0 Å². The van der Waals surface area contributed by atoms with Gasteiger partial charge in [0.25, 0.3) is 0 Å². The summed E-state index contributed by atoms with van der Waals surface area (Å²) >= 11 is 0. The van der Waals surface area contributed by atoms with Crippen LogP contribution in [0.15, 0.2) is 18.2 Å². The summed E-state index contributed by atoms with van der Waals surface area (Å²) in [4.78, 5) is 25.2. The predicted molar refractivity (Wildman–Crippen MR) is 114 cm³/mol. The van der Waals surface area contributed by atoms with Gasteiger partial charge in [-0.25, -0.2) is 0 Å². The van der Waals surface area contributed by atoms with Crippen molar-refractivity contribution in [2.24, 2.45) is 11.7 Å². The number of nitrogens with one attached hydrogen (secondary N) is 4. The average molecular weight is 396 g/mol. The summed E-state index contributed by atoms with van der Waals surface area (Å²) in [5.74, 6) is 1.73. The molecule has 1 aromatic heterocycles. The molecule has 2 aromatic rings. The van der Waals surface area contributed by atoms with Gasteiger partial charge in [0.05, 0.1) is 0 Å². The van der Waals surface area contributed by atoms with Gasteiger partial charge in [-0.1, -0.05) is 12.5 Å². The molecule has 1 saturated heterocycles. The van der Waals surface area contributed by atoms with E-state index in [1.807, 2.05) is 13.0 Å². The zero-order valence-electron chi connectivity index (χ0n) is 16.7. The maximum Gasteiger partial charge on any atom is 0.248 e.